The van der Waals surface area contributed by atoms with Crippen LogP contribution in [0, 0.1) is 0 Å². The first-order valence-corrected chi connectivity index (χ1v) is 7.37. The Bertz CT molecular complexity index is 1050. The second kappa shape index (κ2) is 6.21. The van der Waals surface area contributed by atoms with Gasteiger partial charge in [-0.05, 0) is 30.3 Å². The van der Waals surface area contributed by atoms with Gasteiger partial charge >= 0.3 is 11.9 Å². The minimum absolute atomic E-state index is 0.0114. The van der Waals surface area contributed by atoms with Crippen LogP contribution < -0.4 is 11.2 Å². The topological polar surface area (TPSA) is 64.2 Å². The molecule has 0 aliphatic heterocycles. The highest BCUT2D eigenvalue weighted by atomic mass is 19.4. The number of fused-ring (bicyclic) bond motifs is 1. The van der Waals surface area contributed by atoms with E-state index in [2.05, 4.69) is 0 Å². The van der Waals surface area contributed by atoms with Crippen molar-refractivity contribution >= 4 is 10.9 Å². The number of rotatable bonds is 3. The van der Waals surface area contributed by atoms with Gasteiger partial charge in [0.1, 0.15) is 0 Å². The third-order valence-corrected chi connectivity index (χ3v) is 3.80. The van der Waals surface area contributed by atoms with Crippen molar-refractivity contribution < 1.29 is 18.3 Å². The molecule has 0 saturated heterocycles. The molecule has 1 heterocycles. The Hall–Kier alpha value is -2.87. The van der Waals surface area contributed by atoms with E-state index in [4.69, 9.17) is 5.11 Å². The summed E-state index contributed by atoms with van der Waals surface area (Å²) in [6, 6.07) is 10.5. The molecular formula is C17H13F3N2O3. The summed E-state index contributed by atoms with van der Waals surface area (Å²) in [6.07, 6.45) is -4.56. The molecule has 1 aromatic heterocycles. The summed E-state index contributed by atoms with van der Waals surface area (Å²) < 4.78 is 40.8. The van der Waals surface area contributed by atoms with E-state index < -0.39 is 29.6 Å². The van der Waals surface area contributed by atoms with Gasteiger partial charge < -0.3 is 5.11 Å². The SMILES string of the molecule is O=c1c2ccccc2n(-c2cccc(C(F)(F)F)c2)c(=O)n1CCO. The molecule has 1 N–H and O–H groups in total. The number of aliphatic hydroxyl groups excluding tert-OH is 1. The highest BCUT2D eigenvalue weighted by Crippen LogP contribution is 2.30. The molecule has 0 unspecified atom stereocenters. The maximum absolute atomic E-state index is 13.0. The highest BCUT2D eigenvalue weighted by Gasteiger charge is 2.30. The number of alkyl halides is 3. The van der Waals surface area contributed by atoms with Crippen molar-refractivity contribution in [1.82, 2.24) is 9.13 Å². The molecule has 3 aromatic rings. The molecule has 5 nitrogen and oxygen atoms in total. The Kier molecular flexibility index (Phi) is 4.22. The Morgan fingerprint density at radius 3 is 2.40 bits per heavy atom. The van der Waals surface area contributed by atoms with Crippen LogP contribution in [-0.4, -0.2) is 20.8 Å². The molecule has 0 fully saturated rings. The lowest BCUT2D eigenvalue weighted by atomic mass is 10.1. The van der Waals surface area contributed by atoms with Crippen LogP contribution in [-0.2, 0) is 12.7 Å². The van der Waals surface area contributed by atoms with Crippen LogP contribution in [0.1, 0.15) is 5.56 Å². The van der Waals surface area contributed by atoms with Gasteiger partial charge in [-0.1, -0.05) is 18.2 Å². The molecule has 130 valence electrons. The Morgan fingerprint density at radius 2 is 1.72 bits per heavy atom. The average molecular weight is 350 g/mol. The Morgan fingerprint density at radius 1 is 1.00 bits per heavy atom. The molecule has 0 spiro atoms. The van der Waals surface area contributed by atoms with E-state index in [0.29, 0.717) is 0 Å². The number of hydrogen-bond donors (Lipinski definition) is 1. The lowest BCUT2D eigenvalue weighted by molar-refractivity contribution is -0.137. The van der Waals surface area contributed by atoms with Gasteiger partial charge in [0, 0.05) is 0 Å². The van der Waals surface area contributed by atoms with Crippen molar-refractivity contribution in [2.75, 3.05) is 6.61 Å². The summed E-state index contributed by atoms with van der Waals surface area (Å²) in [4.78, 5) is 25.1. The predicted octanol–water partition coefficient (Wildman–Crippen LogP) is 2.16. The first-order valence-electron chi connectivity index (χ1n) is 7.37. The maximum Gasteiger partial charge on any atom is 0.416 e. The first-order chi connectivity index (χ1) is 11.8. The molecule has 0 aliphatic carbocycles. The summed E-state index contributed by atoms with van der Waals surface area (Å²) in [5.41, 5.74) is -2.12. The fourth-order valence-electron chi connectivity index (χ4n) is 2.67. The number of para-hydroxylation sites is 1. The van der Waals surface area contributed by atoms with Crippen molar-refractivity contribution in [3.05, 3.63) is 74.9 Å². The second-order valence-electron chi connectivity index (χ2n) is 5.36. The van der Waals surface area contributed by atoms with Crippen molar-refractivity contribution in [3.63, 3.8) is 0 Å². The maximum atomic E-state index is 13.0. The van der Waals surface area contributed by atoms with E-state index in [9.17, 15) is 22.8 Å². The number of hydrogen-bond acceptors (Lipinski definition) is 3. The van der Waals surface area contributed by atoms with Crippen LogP contribution in [0.2, 0.25) is 0 Å². The molecule has 0 saturated carbocycles. The zero-order chi connectivity index (χ0) is 18.2. The molecular weight excluding hydrogens is 337 g/mol. The second-order valence-corrected chi connectivity index (χ2v) is 5.36. The molecule has 0 radical (unpaired) electrons. The molecule has 0 aliphatic rings. The summed E-state index contributed by atoms with van der Waals surface area (Å²) in [6.45, 7) is -0.697. The smallest absolute Gasteiger partial charge is 0.395 e. The minimum atomic E-state index is -4.56. The van der Waals surface area contributed by atoms with Gasteiger partial charge in [-0.15, -0.1) is 0 Å². The fraction of sp³-hybridized carbons (Fsp3) is 0.176. The van der Waals surface area contributed by atoms with E-state index in [-0.39, 0.29) is 23.1 Å². The zero-order valence-corrected chi connectivity index (χ0v) is 12.8. The molecule has 3 rings (SSSR count). The minimum Gasteiger partial charge on any atom is -0.395 e. The van der Waals surface area contributed by atoms with Gasteiger partial charge in [0.15, 0.2) is 0 Å². The van der Waals surface area contributed by atoms with Crippen LogP contribution in [0.15, 0.2) is 58.1 Å². The van der Waals surface area contributed by atoms with Crippen LogP contribution in [0.5, 0.6) is 0 Å². The molecule has 8 heteroatoms. The summed E-state index contributed by atoms with van der Waals surface area (Å²) in [5.74, 6) is 0. The van der Waals surface area contributed by atoms with E-state index >= 15 is 0 Å². The number of aliphatic hydroxyl groups is 1. The Labute approximate surface area is 139 Å². The van der Waals surface area contributed by atoms with E-state index in [1.54, 1.807) is 12.1 Å². The lowest BCUT2D eigenvalue weighted by Crippen LogP contribution is -2.40. The highest BCUT2D eigenvalue weighted by molar-refractivity contribution is 5.79. The van der Waals surface area contributed by atoms with Crippen LogP contribution in [0.4, 0.5) is 13.2 Å². The standard InChI is InChI=1S/C17H13F3N2O3/c18-17(19,20)11-4-3-5-12(10-11)22-14-7-2-1-6-13(14)15(24)21(8-9-23)16(22)25/h1-7,10,23H,8-9H2. The largest absolute Gasteiger partial charge is 0.416 e. The van der Waals surface area contributed by atoms with Crippen molar-refractivity contribution in [3.8, 4) is 5.69 Å². The van der Waals surface area contributed by atoms with E-state index in [0.717, 1.165) is 21.3 Å². The van der Waals surface area contributed by atoms with Gasteiger partial charge in [-0.25, -0.2) is 4.79 Å². The molecule has 0 amide bonds. The van der Waals surface area contributed by atoms with Crippen LogP contribution in [0.25, 0.3) is 16.6 Å². The zero-order valence-electron chi connectivity index (χ0n) is 12.8. The van der Waals surface area contributed by atoms with Gasteiger partial charge in [0.25, 0.3) is 5.56 Å². The third kappa shape index (κ3) is 2.96. The van der Waals surface area contributed by atoms with Crippen molar-refractivity contribution in [1.29, 1.82) is 0 Å². The number of nitrogens with zero attached hydrogens (tertiary/aromatic N) is 2. The van der Waals surface area contributed by atoms with Gasteiger partial charge in [-0.3, -0.25) is 13.9 Å². The summed E-state index contributed by atoms with van der Waals surface area (Å²) in [7, 11) is 0. The lowest BCUT2D eigenvalue weighted by Gasteiger charge is -2.15. The summed E-state index contributed by atoms with van der Waals surface area (Å²) >= 11 is 0. The predicted molar refractivity (Wildman–Crippen MR) is 85.9 cm³/mol. The first kappa shape index (κ1) is 17.0. The fourth-order valence-corrected chi connectivity index (χ4v) is 2.67. The molecule has 0 atom stereocenters. The number of benzene rings is 2. The van der Waals surface area contributed by atoms with Gasteiger partial charge in [0.2, 0.25) is 0 Å². The van der Waals surface area contributed by atoms with Gasteiger partial charge in [-0.2, -0.15) is 13.2 Å². The third-order valence-electron chi connectivity index (χ3n) is 3.80. The molecule has 0 bridgehead atoms. The van der Waals surface area contributed by atoms with E-state index in [1.165, 1.54) is 24.3 Å². The monoisotopic (exact) mass is 350 g/mol. The van der Waals surface area contributed by atoms with Crippen LogP contribution >= 0.6 is 0 Å². The quantitative estimate of drug-likeness (QED) is 0.787. The van der Waals surface area contributed by atoms with Crippen LogP contribution in [0.3, 0.4) is 0 Å². The normalized spacial score (nSPS) is 11.8. The molecule has 25 heavy (non-hydrogen) atoms. The van der Waals surface area contributed by atoms with Crippen molar-refractivity contribution in [2.24, 2.45) is 0 Å². The number of halogens is 3. The Balaban J connectivity index is 2.41. The summed E-state index contributed by atoms with van der Waals surface area (Å²) in [5, 5.41) is 9.27. The molecule has 2 aromatic carbocycles. The van der Waals surface area contributed by atoms with Gasteiger partial charge in [0.05, 0.1) is 35.3 Å². The average Bonchev–Trinajstić information content (AvgIpc) is 2.58. The van der Waals surface area contributed by atoms with E-state index in [1.807, 2.05) is 0 Å². The number of aromatic nitrogens is 2. The van der Waals surface area contributed by atoms with Crippen molar-refractivity contribution in [2.45, 2.75) is 12.7 Å².